The van der Waals surface area contributed by atoms with Crippen molar-refractivity contribution in [3.8, 4) is 23.1 Å². The Morgan fingerprint density at radius 3 is 2.94 bits per heavy atom. The molecule has 3 aliphatic rings. The number of hydrogen-bond donors (Lipinski definition) is 2. The summed E-state index contributed by atoms with van der Waals surface area (Å²) in [6.07, 6.45) is 5.83. The summed E-state index contributed by atoms with van der Waals surface area (Å²) in [7, 11) is 0. The molecule has 176 valence electrons. The second kappa shape index (κ2) is 8.61. The molecular formula is C23H21ClFN5O4. The van der Waals surface area contributed by atoms with E-state index in [1.165, 1.54) is 6.20 Å². The normalized spacial score (nSPS) is 18.8. The number of fused-ring (bicyclic) bond motifs is 5. The third-order valence-electron chi connectivity index (χ3n) is 6.37. The Hall–Kier alpha value is -3.08. The van der Waals surface area contributed by atoms with Crippen LogP contribution in [0.2, 0.25) is 5.15 Å². The predicted octanol–water partition coefficient (Wildman–Crippen LogP) is 3.14. The van der Waals surface area contributed by atoms with E-state index >= 15 is 4.39 Å². The first-order valence-corrected chi connectivity index (χ1v) is 11.5. The average Bonchev–Trinajstić information content (AvgIpc) is 3.48. The van der Waals surface area contributed by atoms with E-state index in [9.17, 15) is 4.79 Å². The highest BCUT2D eigenvalue weighted by atomic mass is 35.5. The Morgan fingerprint density at radius 1 is 1.21 bits per heavy atom. The molecular weight excluding hydrogens is 465 g/mol. The van der Waals surface area contributed by atoms with Crippen LogP contribution >= 0.6 is 11.6 Å². The number of aromatic nitrogens is 4. The summed E-state index contributed by atoms with van der Waals surface area (Å²) in [5.74, 6) is -1.02. The number of hydrogen-bond acceptors (Lipinski definition) is 7. The number of aromatic amines is 1. The first kappa shape index (κ1) is 21.5. The molecule has 6 rings (SSSR count). The Balaban J connectivity index is 1.27. The molecule has 1 aliphatic carbocycles. The number of nitrogens with one attached hydrogen (secondary N) is 2. The lowest BCUT2D eigenvalue weighted by Crippen LogP contribution is -2.32. The van der Waals surface area contributed by atoms with Gasteiger partial charge in [0.05, 0.1) is 30.6 Å². The van der Waals surface area contributed by atoms with Crippen LogP contribution in [-0.4, -0.2) is 51.7 Å². The van der Waals surface area contributed by atoms with Crippen LogP contribution in [0, 0.1) is 5.82 Å². The van der Waals surface area contributed by atoms with Gasteiger partial charge in [0.2, 0.25) is 0 Å². The van der Waals surface area contributed by atoms with E-state index in [-0.39, 0.29) is 35.7 Å². The van der Waals surface area contributed by atoms with Gasteiger partial charge in [0.1, 0.15) is 5.15 Å². The maximum atomic E-state index is 15.6. The van der Waals surface area contributed by atoms with Crippen LogP contribution in [0.25, 0.3) is 11.3 Å². The minimum atomic E-state index is -0.633. The molecule has 1 fully saturated rings. The minimum absolute atomic E-state index is 0.0235. The van der Waals surface area contributed by atoms with Gasteiger partial charge in [0.15, 0.2) is 5.82 Å². The number of aryl methyl sites for hydroxylation is 1. The molecule has 0 unspecified atom stereocenters. The fraction of sp³-hybridized carbons (Fsp3) is 0.391. The van der Waals surface area contributed by atoms with Crippen LogP contribution in [0.3, 0.4) is 0 Å². The SMILES string of the molecule is O=C1NCCc2[nH]c3c(c21)CCc1cnc(Oc2ncc(CO[C@H]4CCOC4)c(Cl)n2)c(F)c1-3. The maximum absolute atomic E-state index is 15.6. The van der Waals surface area contributed by atoms with Crippen LogP contribution < -0.4 is 10.1 Å². The number of pyridine rings is 1. The molecule has 2 N–H and O–H groups in total. The molecule has 0 radical (unpaired) electrons. The van der Waals surface area contributed by atoms with Gasteiger partial charge in [-0.2, -0.15) is 4.98 Å². The third kappa shape index (κ3) is 3.71. The van der Waals surface area contributed by atoms with Crippen molar-refractivity contribution in [1.29, 1.82) is 0 Å². The number of carbonyl (C=O) groups is 1. The van der Waals surface area contributed by atoms with E-state index in [1.807, 2.05) is 0 Å². The monoisotopic (exact) mass is 485 g/mol. The van der Waals surface area contributed by atoms with Gasteiger partial charge in [-0.25, -0.2) is 14.4 Å². The van der Waals surface area contributed by atoms with Gasteiger partial charge in [0, 0.05) is 48.8 Å². The van der Waals surface area contributed by atoms with E-state index in [1.54, 1.807) is 6.20 Å². The van der Waals surface area contributed by atoms with Crippen LogP contribution in [0.15, 0.2) is 12.4 Å². The van der Waals surface area contributed by atoms with Crippen molar-refractivity contribution in [3.05, 3.63) is 51.3 Å². The van der Waals surface area contributed by atoms with Gasteiger partial charge in [-0.15, -0.1) is 0 Å². The van der Waals surface area contributed by atoms with Crippen molar-refractivity contribution in [3.63, 3.8) is 0 Å². The summed E-state index contributed by atoms with van der Waals surface area (Å²) in [6.45, 7) is 2.03. The highest BCUT2D eigenvalue weighted by molar-refractivity contribution is 6.30. The molecule has 0 saturated carbocycles. The van der Waals surface area contributed by atoms with Gasteiger partial charge in [-0.3, -0.25) is 4.79 Å². The van der Waals surface area contributed by atoms with Crippen LogP contribution in [0.4, 0.5) is 4.39 Å². The summed E-state index contributed by atoms with van der Waals surface area (Å²) >= 11 is 6.28. The van der Waals surface area contributed by atoms with Crippen LogP contribution in [0.1, 0.15) is 39.2 Å². The number of halogens is 2. The van der Waals surface area contributed by atoms with Crippen molar-refractivity contribution in [2.45, 2.75) is 38.4 Å². The smallest absolute Gasteiger partial charge is 0.324 e. The highest BCUT2D eigenvalue weighted by Gasteiger charge is 2.32. The molecule has 1 atom stereocenters. The largest absolute Gasteiger partial charge is 0.402 e. The van der Waals surface area contributed by atoms with Crippen LogP contribution in [0.5, 0.6) is 11.9 Å². The van der Waals surface area contributed by atoms with Crippen LogP contribution in [-0.2, 0) is 35.3 Å². The summed E-state index contributed by atoms with van der Waals surface area (Å²) in [6, 6.07) is -0.120. The maximum Gasteiger partial charge on any atom is 0.324 e. The van der Waals surface area contributed by atoms with Crippen molar-refractivity contribution >= 4 is 17.5 Å². The molecule has 3 aromatic heterocycles. The molecule has 3 aromatic rings. The van der Waals surface area contributed by atoms with Crippen molar-refractivity contribution in [2.75, 3.05) is 19.8 Å². The van der Waals surface area contributed by atoms with E-state index in [0.717, 1.165) is 23.2 Å². The lowest BCUT2D eigenvalue weighted by atomic mass is 9.88. The number of rotatable bonds is 5. The van der Waals surface area contributed by atoms with Gasteiger partial charge >= 0.3 is 6.01 Å². The van der Waals surface area contributed by atoms with E-state index in [0.29, 0.717) is 61.4 Å². The van der Waals surface area contributed by atoms with Gasteiger partial charge in [0.25, 0.3) is 11.8 Å². The van der Waals surface area contributed by atoms with E-state index in [4.69, 9.17) is 25.8 Å². The summed E-state index contributed by atoms with van der Waals surface area (Å²) in [4.78, 5) is 28.1. The fourth-order valence-corrected chi connectivity index (χ4v) is 4.84. The van der Waals surface area contributed by atoms with Crippen molar-refractivity contribution in [2.24, 2.45) is 0 Å². The second-order valence-corrected chi connectivity index (χ2v) is 8.84. The first-order chi connectivity index (χ1) is 16.6. The first-order valence-electron chi connectivity index (χ1n) is 11.2. The van der Waals surface area contributed by atoms with E-state index in [2.05, 4.69) is 25.3 Å². The number of H-pyrrole nitrogens is 1. The summed E-state index contributed by atoms with van der Waals surface area (Å²) < 4.78 is 32.2. The minimum Gasteiger partial charge on any atom is -0.402 e. The summed E-state index contributed by atoms with van der Waals surface area (Å²) in [5.41, 5.74) is 4.60. The van der Waals surface area contributed by atoms with E-state index < -0.39 is 5.82 Å². The topological polar surface area (TPSA) is 111 Å². The second-order valence-electron chi connectivity index (χ2n) is 8.48. The highest BCUT2D eigenvalue weighted by Crippen LogP contribution is 2.41. The molecule has 34 heavy (non-hydrogen) atoms. The zero-order valence-corrected chi connectivity index (χ0v) is 18.9. The molecule has 5 heterocycles. The number of amides is 1. The average molecular weight is 486 g/mol. The molecule has 0 aromatic carbocycles. The Labute approximate surface area is 199 Å². The lowest BCUT2D eigenvalue weighted by Gasteiger charge is -2.19. The predicted molar refractivity (Wildman–Crippen MR) is 119 cm³/mol. The number of carbonyl (C=O) groups excluding carboxylic acids is 1. The molecule has 11 heteroatoms. The molecule has 0 spiro atoms. The Bertz CT molecular complexity index is 1290. The number of nitrogens with zero attached hydrogens (tertiary/aromatic N) is 3. The zero-order chi connectivity index (χ0) is 23.2. The van der Waals surface area contributed by atoms with Gasteiger partial charge in [-0.05, 0) is 30.4 Å². The third-order valence-corrected chi connectivity index (χ3v) is 6.70. The van der Waals surface area contributed by atoms with Gasteiger partial charge in [-0.1, -0.05) is 11.6 Å². The van der Waals surface area contributed by atoms with Gasteiger partial charge < -0.3 is 24.5 Å². The molecule has 1 amide bonds. The van der Waals surface area contributed by atoms with Crippen molar-refractivity contribution in [1.82, 2.24) is 25.3 Å². The molecule has 9 nitrogen and oxygen atoms in total. The Kier molecular flexibility index (Phi) is 5.43. The number of ether oxygens (including phenoxy) is 3. The molecule has 2 aliphatic heterocycles. The fourth-order valence-electron chi connectivity index (χ4n) is 4.66. The molecule has 0 bridgehead atoms. The quantitative estimate of drug-likeness (QED) is 0.534. The van der Waals surface area contributed by atoms with Crippen molar-refractivity contribution < 1.29 is 23.4 Å². The molecule has 1 saturated heterocycles. The zero-order valence-electron chi connectivity index (χ0n) is 18.1. The lowest BCUT2D eigenvalue weighted by molar-refractivity contribution is 0.0315. The Morgan fingerprint density at radius 2 is 2.12 bits per heavy atom. The standard InChI is InChI=1S/C23H21ClFN5O4/c24-20-12(9-33-13-4-6-32-10-13)8-28-23(30-20)34-22-18(25)16-11(7-27-22)1-2-14-17-15(29-19(14)16)3-5-26-21(17)31/h7-8,13,29H,1-6,9-10H2,(H,26,31)/t13-/m0/s1. The summed E-state index contributed by atoms with van der Waals surface area (Å²) in [5, 5.41) is 3.02.